The van der Waals surface area contributed by atoms with Crippen LogP contribution in [0.25, 0.3) is 0 Å². The van der Waals surface area contributed by atoms with Crippen LogP contribution in [0.3, 0.4) is 0 Å². The molecule has 0 bridgehead atoms. The summed E-state index contributed by atoms with van der Waals surface area (Å²) in [4.78, 5) is 0. The summed E-state index contributed by atoms with van der Waals surface area (Å²) in [6, 6.07) is 0. The number of unbranched alkanes of at least 4 members (excludes halogenated alkanes) is 1. The second-order valence-electron chi connectivity index (χ2n) is 2.38. The Labute approximate surface area is 73.8 Å². The van der Waals surface area contributed by atoms with E-state index in [4.69, 9.17) is 14.2 Å². The van der Waals surface area contributed by atoms with E-state index in [9.17, 15) is 4.57 Å². The van der Waals surface area contributed by atoms with Gasteiger partial charge in [0.2, 0.25) is 0 Å². The Morgan fingerprint density at radius 3 is 2.33 bits per heavy atom. The molecule has 74 valence electrons. The number of rotatable bonds is 8. The van der Waals surface area contributed by atoms with E-state index in [1.54, 1.807) is 0 Å². The van der Waals surface area contributed by atoms with Crippen molar-refractivity contribution < 1.29 is 18.7 Å². The van der Waals surface area contributed by atoms with Gasteiger partial charge in [0.05, 0.1) is 13.2 Å². The standard InChI is InChI=1S/C7H17O4P/c1-2-3-6-10-12(9)11-7-4-5-8/h8,12H,2-7H2,1H3. The third-order valence-electron chi connectivity index (χ3n) is 1.24. The summed E-state index contributed by atoms with van der Waals surface area (Å²) in [7, 11) is -2.30. The summed E-state index contributed by atoms with van der Waals surface area (Å²) >= 11 is 0. The molecule has 4 nitrogen and oxygen atoms in total. The van der Waals surface area contributed by atoms with E-state index in [0.717, 1.165) is 12.8 Å². The molecule has 1 N–H and O–H groups in total. The van der Waals surface area contributed by atoms with Crippen LogP contribution in [0.4, 0.5) is 0 Å². The third kappa shape index (κ3) is 8.21. The predicted octanol–water partition coefficient (Wildman–Crippen LogP) is 1.59. The van der Waals surface area contributed by atoms with Gasteiger partial charge in [-0.25, -0.2) is 0 Å². The topological polar surface area (TPSA) is 55.8 Å². The van der Waals surface area contributed by atoms with Gasteiger partial charge in [0.1, 0.15) is 0 Å². The number of aliphatic hydroxyl groups excluding tert-OH is 1. The van der Waals surface area contributed by atoms with Crippen molar-refractivity contribution in [1.82, 2.24) is 0 Å². The molecule has 12 heavy (non-hydrogen) atoms. The summed E-state index contributed by atoms with van der Waals surface area (Å²) < 4.78 is 20.5. The van der Waals surface area contributed by atoms with Crippen LogP contribution in [0.5, 0.6) is 0 Å². The maximum absolute atomic E-state index is 10.9. The van der Waals surface area contributed by atoms with Crippen molar-refractivity contribution in [2.24, 2.45) is 0 Å². The van der Waals surface area contributed by atoms with E-state index in [2.05, 4.69) is 0 Å². The largest absolute Gasteiger partial charge is 0.396 e. The van der Waals surface area contributed by atoms with Crippen LogP contribution >= 0.6 is 8.25 Å². The van der Waals surface area contributed by atoms with Crippen LogP contribution in [0.1, 0.15) is 26.2 Å². The number of hydrogen-bond acceptors (Lipinski definition) is 4. The molecule has 0 aliphatic carbocycles. The fourth-order valence-corrected chi connectivity index (χ4v) is 1.27. The molecular weight excluding hydrogens is 179 g/mol. The Morgan fingerprint density at radius 2 is 1.83 bits per heavy atom. The summed E-state index contributed by atoms with van der Waals surface area (Å²) in [5.41, 5.74) is 0. The Balaban J connectivity index is 3.10. The molecule has 0 aromatic carbocycles. The highest BCUT2D eigenvalue weighted by molar-refractivity contribution is 7.33. The fraction of sp³-hybridized carbons (Fsp3) is 1.00. The lowest BCUT2D eigenvalue weighted by atomic mass is 10.4. The van der Waals surface area contributed by atoms with Gasteiger partial charge in [-0.05, 0) is 12.8 Å². The molecule has 0 amide bonds. The van der Waals surface area contributed by atoms with Crippen LogP contribution in [0.15, 0.2) is 0 Å². The van der Waals surface area contributed by atoms with Crippen LogP contribution in [0.2, 0.25) is 0 Å². The van der Waals surface area contributed by atoms with E-state index in [0.29, 0.717) is 19.6 Å². The summed E-state index contributed by atoms with van der Waals surface area (Å²) in [6.45, 7) is 2.89. The predicted molar refractivity (Wildman–Crippen MR) is 47.5 cm³/mol. The van der Waals surface area contributed by atoms with Gasteiger partial charge >= 0.3 is 8.25 Å². The minimum absolute atomic E-state index is 0.0596. The molecule has 5 heteroatoms. The lowest BCUT2D eigenvalue weighted by Crippen LogP contribution is -1.93. The van der Waals surface area contributed by atoms with Gasteiger partial charge in [0, 0.05) is 6.61 Å². The molecule has 0 spiro atoms. The number of aliphatic hydroxyl groups is 1. The van der Waals surface area contributed by atoms with Crippen molar-refractivity contribution in [2.75, 3.05) is 19.8 Å². The molecule has 0 aromatic rings. The normalized spacial score (nSPS) is 13.2. The summed E-state index contributed by atoms with van der Waals surface area (Å²) in [6.07, 6.45) is 2.43. The van der Waals surface area contributed by atoms with E-state index in [-0.39, 0.29) is 6.61 Å². The van der Waals surface area contributed by atoms with Crippen molar-refractivity contribution in [1.29, 1.82) is 0 Å². The summed E-state index contributed by atoms with van der Waals surface area (Å²) in [5, 5.41) is 8.38. The molecule has 0 heterocycles. The molecule has 0 saturated carbocycles. The Hall–Kier alpha value is 0.110. The van der Waals surface area contributed by atoms with Crippen LogP contribution in [-0.2, 0) is 13.6 Å². The van der Waals surface area contributed by atoms with Gasteiger partial charge in [-0.15, -0.1) is 0 Å². The van der Waals surface area contributed by atoms with Crippen LogP contribution < -0.4 is 0 Å². The molecule has 1 unspecified atom stereocenters. The van der Waals surface area contributed by atoms with E-state index in [1.807, 2.05) is 6.92 Å². The van der Waals surface area contributed by atoms with Crippen LogP contribution in [-0.4, -0.2) is 24.9 Å². The highest BCUT2D eigenvalue weighted by atomic mass is 31.1. The van der Waals surface area contributed by atoms with E-state index >= 15 is 0 Å². The maximum atomic E-state index is 10.9. The zero-order chi connectivity index (χ0) is 9.23. The average molecular weight is 196 g/mol. The van der Waals surface area contributed by atoms with Gasteiger partial charge in [0.15, 0.2) is 0 Å². The second kappa shape index (κ2) is 9.20. The average Bonchev–Trinajstić information content (AvgIpc) is 2.06. The fourth-order valence-electron chi connectivity index (χ4n) is 0.562. The monoisotopic (exact) mass is 196 g/mol. The van der Waals surface area contributed by atoms with Crippen molar-refractivity contribution >= 4 is 8.25 Å². The van der Waals surface area contributed by atoms with Gasteiger partial charge in [-0.2, -0.15) is 0 Å². The highest BCUT2D eigenvalue weighted by Gasteiger charge is 1.97. The molecule has 0 saturated heterocycles. The number of hydrogen-bond donors (Lipinski definition) is 1. The smallest absolute Gasteiger partial charge is 0.319 e. The van der Waals surface area contributed by atoms with Crippen molar-refractivity contribution in [3.05, 3.63) is 0 Å². The molecule has 0 aliphatic rings. The summed E-state index contributed by atoms with van der Waals surface area (Å²) in [5.74, 6) is 0. The van der Waals surface area contributed by atoms with Gasteiger partial charge < -0.3 is 14.2 Å². The van der Waals surface area contributed by atoms with Gasteiger partial charge in [-0.1, -0.05) is 13.3 Å². The molecule has 1 atom stereocenters. The first-order valence-corrected chi connectivity index (χ1v) is 5.44. The second-order valence-corrected chi connectivity index (χ2v) is 3.45. The maximum Gasteiger partial charge on any atom is 0.319 e. The molecule has 0 rings (SSSR count). The quantitative estimate of drug-likeness (QED) is 0.473. The molecule has 0 aromatic heterocycles. The first-order valence-electron chi connectivity index (χ1n) is 4.21. The Bertz CT molecular complexity index is 106. The molecule has 0 radical (unpaired) electrons. The first kappa shape index (κ1) is 12.1. The third-order valence-corrected chi connectivity index (χ3v) is 2.12. The van der Waals surface area contributed by atoms with Gasteiger partial charge in [0.25, 0.3) is 0 Å². The SMILES string of the molecule is CCCCO[PH](=O)OCCCO. The molecule has 0 fully saturated rings. The van der Waals surface area contributed by atoms with Crippen molar-refractivity contribution in [3.8, 4) is 0 Å². The zero-order valence-electron chi connectivity index (χ0n) is 7.41. The zero-order valence-corrected chi connectivity index (χ0v) is 8.41. The van der Waals surface area contributed by atoms with Crippen LogP contribution in [0, 0.1) is 0 Å². The highest BCUT2D eigenvalue weighted by Crippen LogP contribution is 2.23. The first-order chi connectivity index (χ1) is 5.81. The minimum Gasteiger partial charge on any atom is -0.396 e. The minimum atomic E-state index is -2.30. The van der Waals surface area contributed by atoms with Crippen molar-refractivity contribution in [2.45, 2.75) is 26.2 Å². The van der Waals surface area contributed by atoms with E-state index < -0.39 is 8.25 Å². The molecular formula is C7H17O4P. The lowest BCUT2D eigenvalue weighted by Gasteiger charge is -2.03. The lowest BCUT2D eigenvalue weighted by molar-refractivity contribution is 0.198. The Kier molecular flexibility index (Phi) is 9.28. The van der Waals surface area contributed by atoms with Crippen molar-refractivity contribution in [3.63, 3.8) is 0 Å². The van der Waals surface area contributed by atoms with E-state index in [1.165, 1.54) is 0 Å². The van der Waals surface area contributed by atoms with Gasteiger partial charge in [-0.3, -0.25) is 4.57 Å². The molecule has 0 aliphatic heterocycles. The Morgan fingerprint density at radius 1 is 1.25 bits per heavy atom.